The highest BCUT2D eigenvalue weighted by molar-refractivity contribution is 6.39. The number of halogens is 1. The Kier molecular flexibility index (Phi) is 4.86. The highest BCUT2D eigenvalue weighted by Crippen LogP contribution is 2.31. The summed E-state index contributed by atoms with van der Waals surface area (Å²) in [4.78, 5) is 24.1. The van der Waals surface area contributed by atoms with Gasteiger partial charge >= 0.3 is 0 Å². The number of aromatic nitrogens is 1. The van der Waals surface area contributed by atoms with Crippen LogP contribution < -0.4 is 15.4 Å². The van der Waals surface area contributed by atoms with Gasteiger partial charge in [-0.3, -0.25) is 9.59 Å². The lowest BCUT2D eigenvalue weighted by Gasteiger charge is -2.12. The smallest absolute Gasteiger partial charge is 0.273 e. The van der Waals surface area contributed by atoms with E-state index >= 15 is 0 Å². The Bertz CT molecular complexity index is 972. The van der Waals surface area contributed by atoms with E-state index in [0.29, 0.717) is 27.8 Å². The predicted molar refractivity (Wildman–Crippen MR) is 103 cm³/mol. The zero-order valence-electron chi connectivity index (χ0n) is 14.6. The molecular weight excluding hydrogens is 354 g/mol. The van der Waals surface area contributed by atoms with Gasteiger partial charge in [0.05, 0.1) is 17.8 Å². The lowest BCUT2D eigenvalue weighted by Crippen LogP contribution is -2.16. The van der Waals surface area contributed by atoms with E-state index in [0.717, 1.165) is 10.9 Å². The predicted octanol–water partition coefficient (Wildman–Crippen LogP) is 4.05. The number of para-hydroxylation sites is 1. The number of fused-ring (bicyclic) bond motifs is 1. The second kappa shape index (κ2) is 7.09. The number of hydrogen-bond donors (Lipinski definition) is 2. The Morgan fingerprint density at radius 3 is 2.50 bits per heavy atom. The number of rotatable bonds is 4. The molecule has 2 amide bonds. The van der Waals surface area contributed by atoms with Crippen molar-refractivity contribution in [1.29, 1.82) is 0 Å². The lowest BCUT2D eigenvalue weighted by molar-refractivity contribution is -0.114. The van der Waals surface area contributed by atoms with Gasteiger partial charge in [-0.1, -0.05) is 29.8 Å². The van der Waals surface area contributed by atoms with Crippen LogP contribution in [0, 0.1) is 0 Å². The molecule has 26 heavy (non-hydrogen) atoms. The summed E-state index contributed by atoms with van der Waals surface area (Å²) in [6, 6.07) is 12.5. The summed E-state index contributed by atoms with van der Waals surface area (Å²) < 4.78 is 6.97. The number of hydrogen-bond acceptors (Lipinski definition) is 3. The minimum atomic E-state index is -0.340. The molecule has 3 rings (SSSR count). The summed E-state index contributed by atoms with van der Waals surface area (Å²) in [5, 5.41) is 6.70. The molecular formula is C19H18ClN3O3. The summed E-state index contributed by atoms with van der Waals surface area (Å²) >= 11 is 6.41. The minimum absolute atomic E-state index is 0.233. The molecule has 0 atom stereocenters. The molecule has 0 spiro atoms. The number of anilines is 2. The van der Waals surface area contributed by atoms with Crippen LogP contribution in [0.3, 0.4) is 0 Å². The van der Waals surface area contributed by atoms with Crippen LogP contribution in [0.25, 0.3) is 10.9 Å². The molecule has 2 N–H and O–H groups in total. The molecule has 1 heterocycles. The molecule has 0 aliphatic carbocycles. The fraction of sp³-hybridized carbons (Fsp3) is 0.158. The first kappa shape index (κ1) is 17.8. The number of aryl methyl sites for hydroxylation is 1. The van der Waals surface area contributed by atoms with Crippen molar-refractivity contribution >= 4 is 45.7 Å². The van der Waals surface area contributed by atoms with Crippen LogP contribution in [0.2, 0.25) is 5.02 Å². The van der Waals surface area contributed by atoms with Crippen LogP contribution in [-0.2, 0) is 11.8 Å². The number of amides is 2. The highest BCUT2D eigenvalue weighted by Gasteiger charge is 2.20. The molecule has 0 radical (unpaired) electrons. The summed E-state index contributed by atoms with van der Waals surface area (Å²) in [6.45, 7) is 1.40. The Balaban J connectivity index is 1.95. The Morgan fingerprint density at radius 2 is 1.85 bits per heavy atom. The van der Waals surface area contributed by atoms with Crippen LogP contribution in [0.4, 0.5) is 11.4 Å². The van der Waals surface area contributed by atoms with Crippen molar-refractivity contribution in [1.82, 2.24) is 4.57 Å². The third kappa shape index (κ3) is 3.23. The molecule has 1 aromatic heterocycles. The van der Waals surface area contributed by atoms with E-state index in [1.165, 1.54) is 14.0 Å². The second-order valence-corrected chi connectivity index (χ2v) is 6.17. The first-order valence-electron chi connectivity index (χ1n) is 7.92. The molecule has 7 heteroatoms. The van der Waals surface area contributed by atoms with Gasteiger partial charge in [0, 0.05) is 30.6 Å². The van der Waals surface area contributed by atoms with Gasteiger partial charge in [0.15, 0.2) is 0 Å². The molecule has 0 bridgehead atoms. The molecule has 0 fully saturated rings. The molecule has 0 unspecified atom stereocenters. The fourth-order valence-electron chi connectivity index (χ4n) is 2.86. The maximum atomic E-state index is 12.8. The number of methoxy groups -OCH3 is 1. The largest absolute Gasteiger partial charge is 0.495 e. The van der Waals surface area contributed by atoms with Crippen molar-refractivity contribution in [3.8, 4) is 5.75 Å². The maximum absolute atomic E-state index is 12.8. The van der Waals surface area contributed by atoms with E-state index in [1.807, 2.05) is 24.3 Å². The Hall–Kier alpha value is -2.99. The van der Waals surface area contributed by atoms with Crippen molar-refractivity contribution in [3.05, 3.63) is 53.2 Å². The van der Waals surface area contributed by atoms with Gasteiger partial charge in [0.2, 0.25) is 5.91 Å². The number of ether oxygens (including phenoxy) is 1. The quantitative estimate of drug-likeness (QED) is 0.726. The van der Waals surface area contributed by atoms with Gasteiger partial charge in [-0.25, -0.2) is 0 Å². The summed E-state index contributed by atoms with van der Waals surface area (Å²) in [5.41, 5.74) is 2.22. The third-order valence-electron chi connectivity index (χ3n) is 4.03. The van der Waals surface area contributed by atoms with E-state index in [9.17, 15) is 9.59 Å². The molecule has 3 aromatic rings. The zero-order chi connectivity index (χ0) is 18.8. The third-order valence-corrected chi connectivity index (χ3v) is 4.41. The average Bonchev–Trinajstić information content (AvgIpc) is 2.86. The van der Waals surface area contributed by atoms with Gasteiger partial charge in [-0.15, -0.1) is 0 Å². The first-order valence-corrected chi connectivity index (χ1v) is 8.30. The molecule has 6 nitrogen and oxygen atoms in total. The number of benzene rings is 2. The highest BCUT2D eigenvalue weighted by atomic mass is 35.5. The van der Waals surface area contributed by atoms with Gasteiger partial charge in [-0.2, -0.15) is 0 Å². The first-order chi connectivity index (χ1) is 12.4. The van der Waals surface area contributed by atoms with Gasteiger partial charge in [-0.05, 0) is 24.3 Å². The normalized spacial score (nSPS) is 10.6. The van der Waals surface area contributed by atoms with Crippen molar-refractivity contribution in [3.63, 3.8) is 0 Å². The summed E-state index contributed by atoms with van der Waals surface area (Å²) in [6.07, 6.45) is 0. The lowest BCUT2D eigenvalue weighted by atomic mass is 10.2. The molecule has 0 saturated carbocycles. The van der Waals surface area contributed by atoms with Gasteiger partial charge < -0.3 is 19.9 Å². The van der Waals surface area contributed by atoms with Crippen LogP contribution >= 0.6 is 11.6 Å². The Morgan fingerprint density at radius 1 is 1.12 bits per heavy atom. The summed E-state index contributed by atoms with van der Waals surface area (Å²) in [7, 11) is 3.30. The van der Waals surface area contributed by atoms with Crippen LogP contribution in [0.5, 0.6) is 5.75 Å². The molecule has 0 saturated heterocycles. The fourth-order valence-corrected chi connectivity index (χ4v) is 3.23. The van der Waals surface area contributed by atoms with E-state index in [1.54, 1.807) is 29.8 Å². The second-order valence-electron chi connectivity index (χ2n) is 5.79. The topological polar surface area (TPSA) is 72.4 Å². The van der Waals surface area contributed by atoms with Crippen LogP contribution in [0.15, 0.2) is 42.5 Å². The average molecular weight is 372 g/mol. The van der Waals surface area contributed by atoms with Crippen LogP contribution in [-0.4, -0.2) is 23.5 Å². The molecule has 0 aliphatic rings. The van der Waals surface area contributed by atoms with E-state index in [4.69, 9.17) is 16.3 Å². The monoisotopic (exact) mass is 371 g/mol. The molecule has 0 aliphatic heterocycles. The number of nitrogens with zero attached hydrogens (tertiary/aromatic N) is 1. The van der Waals surface area contributed by atoms with Crippen molar-refractivity contribution < 1.29 is 14.3 Å². The number of carbonyl (C=O) groups excluding carboxylic acids is 2. The van der Waals surface area contributed by atoms with Crippen molar-refractivity contribution in [2.75, 3.05) is 17.7 Å². The van der Waals surface area contributed by atoms with E-state index in [2.05, 4.69) is 10.6 Å². The van der Waals surface area contributed by atoms with Gasteiger partial charge in [0.25, 0.3) is 5.91 Å². The van der Waals surface area contributed by atoms with Crippen molar-refractivity contribution in [2.24, 2.45) is 7.05 Å². The standard InChI is InChI=1S/C19H18ClN3O3/c1-11(24)21-14-10-12(8-9-16(14)26-3)22-19(25)18-17(20)13-6-4-5-7-15(13)23(18)2/h4-10H,1-3H3,(H,21,24)(H,22,25). The number of carbonyl (C=O) groups is 2. The Labute approximate surface area is 155 Å². The zero-order valence-corrected chi connectivity index (χ0v) is 15.3. The SMILES string of the molecule is COc1ccc(NC(=O)c2c(Cl)c3ccccc3n2C)cc1NC(C)=O. The van der Waals surface area contributed by atoms with Crippen molar-refractivity contribution in [2.45, 2.75) is 6.92 Å². The van der Waals surface area contributed by atoms with Gasteiger partial charge in [0.1, 0.15) is 11.4 Å². The number of nitrogens with one attached hydrogen (secondary N) is 2. The van der Waals surface area contributed by atoms with E-state index in [-0.39, 0.29) is 11.8 Å². The van der Waals surface area contributed by atoms with Crippen LogP contribution in [0.1, 0.15) is 17.4 Å². The van der Waals surface area contributed by atoms with E-state index < -0.39 is 0 Å². The maximum Gasteiger partial charge on any atom is 0.273 e. The molecule has 134 valence electrons. The molecule has 2 aromatic carbocycles. The minimum Gasteiger partial charge on any atom is -0.495 e. The summed E-state index contributed by atoms with van der Waals surface area (Å²) in [5.74, 6) is -0.0722.